The van der Waals surface area contributed by atoms with Crippen molar-refractivity contribution in [2.75, 3.05) is 13.7 Å². The van der Waals surface area contributed by atoms with Crippen molar-refractivity contribution in [3.05, 3.63) is 48.0 Å². The summed E-state index contributed by atoms with van der Waals surface area (Å²) >= 11 is 0. The Hall–Kier alpha value is -1.69. The summed E-state index contributed by atoms with van der Waals surface area (Å²) in [6.07, 6.45) is 1.55. The highest BCUT2D eigenvalue weighted by molar-refractivity contribution is 5.89. The van der Waals surface area contributed by atoms with Crippen LogP contribution in [0, 0.1) is 0 Å². The number of esters is 1. The molecule has 0 saturated carbocycles. The van der Waals surface area contributed by atoms with Crippen molar-refractivity contribution in [1.29, 1.82) is 0 Å². The van der Waals surface area contributed by atoms with Crippen LogP contribution in [0.2, 0.25) is 0 Å². The smallest absolute Gasteiger partial charge is 0.338 e. The van der Waals surface area contributed by atoms with Crippen molar-refractivity contribution in [1.82, 2.24) is 0 Å². The first kappa shape index (κ1) is 13.7. The van der Waals surface area contributed by atoms with Gasteiger partial charge in [-0.2, -0.15) is 0 Å². The van der Waals surface area contributed by atoms with Gasteiger partial charge in [0.25, 0.3) is 0 Å². The maximum Gasteiger partial charge on any atom is 0.338 e. The molecule has 0 radical (unpaired) electrons. The van der Waals surface area contributed by atoms with Gasteiger partial charge in [-0.25, -0.2) is 4.79 Å². The van der Waals surface area contributed by atoms with Crippen LogP contribution in [-0.2, 0) is 14.2 Å². The number of aliphatic hydroxyl groups is 1. The standard InChI is InChI=1S/C14H16O5/c1-17-13-8-7-11(12(9-15)18-13)19-14(16)10-5-3-2-4-6-10/h2-8,11-13,15H,9H2,1H3/t11-,12+,13-/m0/s1. The predicted molar refractivity (Wildman–Crippen MR) is 67.5 cm³/mol. The van der Waals surface area contributed by atoms with Crippen molar-refractivity contribution < 1.29 is 24.1 Å². The summed E-state index contributed by atoms with van der Waals surface area (Å²) in [4.78, 5) is 11.9. The fraction of sp³-hybridized carbons (Fsp3) is 0.357. The van der Waals surface area contributed by atoms with Crippen LogP contribution in [-0.4, -0.2) is 43.3 Å². The molecule has 0 aromatic heterocycles. The zero-order chi connectivity index (χ0) is 13.7. The van der Waals surface area contributed by atoms with E-state index in [0.29, 0.717) is 5.56 Å². The normalized spacial score (nSPS) is 26.1. The number of carbonyl (C=O) groups excluding carboxylic acids is 1. The molecule has 1 aromatic carbocycles. The van der Waals surface area contributed by atoms with Crippen molar-refractivity contribution >= 4 is 5.97 Å². The summed E-state index contributed by atoms with van der Waals surface area (Å²) in [5.41, 5.74) is 0.460. The van der Waals surface area contributed by atoms with Crippen LogP contribution in [0.15, 0.2) is 42.5 Å². The van der Waals surface area contributed by atoms with E-state index in [9.17, 15) is 9.90 Å². The number of methoxy groups -OCH3 is 1. The fourth-order valence-corrected chi connectivity index (χ4v) is 1.78. The van der Waals surface area contributed by atoms with Gasteiger partial charge in [-0.05, 0) is 24.3 Å². The van der Waals surface area contributed by atoms with Crippen molar-refractivity contribution in [2.45, 2.75) is 18.5 Å². The highest BCUT2D eigenvalue weighted by atomic mass is 16.7. The van der Waals surface area contributed by atoms with Gasteiger partial charge in [-0.15, -0.1) is 0 Å². The molecule has 0 unspecified atom stereocenters. The minimum atomic E-state index is -0.623. The Morgan fingerprint density at radius 3 is 2.68 bits per heavy atom. The lowest BCUT2D eigenvalue weighted by molar-refractivity contribution is -0.169. The summed E-state index contributed by atoms with van der Waals surface area (Å²) in [7, 11) is 1.50. The van der Waals surface area contributed by atoms with Crippen LogP contribution in [0.1, 0.15) is 10.4 Å². The predicted octanol–water partition coefficient (Wildman–Crippen LogP) is 1.13. The second-order valence-corrected chi connectivity index (χ2v) is 4.08. The van der Waals surface area contributed by atoms with Crippen molar-refractivity contribution in [3.8, 4) is 0 Å². The molecular weight excluding hydrogens is 248 g/mol. The van der Waals surface area contributed by atoms with Gasteiger partial charge >= 0.3 is 5.97 Å². The highest BCUT2D eigenvalue weighted by Crippen LogP contribution is 2.17. The van der Waals surface area contributed by atoms with Crippen LogP contribution < -0.4 is 0 Å². The summed E-state index contributed by atoms with van der Waals surface area (Å²) in [6.45, 7) is -0.253. The number of benzene rings is 1. The molecule has 0 bridgehead atoms. The first-order valence-electron chi connectivity index (χ1n) is 5.98. The lowest BCUT2D eigenvalue weighted by Gasteiger charge is -2.30. The van der Waals surface area contributed by atoms with Gasteiger partial charge < -0.3 is 19.3 Å². The van der Waals surface area contributed by atoms with E-state index in [4.69, 9.17) is 14.2 Å². The molecule has 0 spiro atoms. The molecule has 19 heavy (non-hydrogen) atoms. The number of rotatable bonds is 4. The zero-order valence-corrected chi connectivity index (χ0v) is 10.6. The summed E-state index contributed by atoms with van der Waals surface area (Å²) < 4.78 is 15.7. The van der Waals surface area contributed by atoms with Gasteiger partial charge in [0.15, 0.2) is 6.29 Å². The molecule has 1 aliphatic rings. The molecule has 1 aromatic rings. The molecular formula is C14H16O5. The van der Waals surface area contributed by atoms with Gasteiger partial charge in [-0.3, -0.25) is 0 Å². The van der Waals surface area contributed by atoms with E-state index in [-0.39, 0.29) is 6.61 Å². The third-order valence-electron chi connectivity index (χ3n) is 2.80. The van der Waals surface area contributed by atoms with Crippen LogP contribution in [0.3, 0.4) is 0 Å². The van der Waals surface area contributed by atoms with E-state index < -0.39 is 24.5 Å². The van der Waals surface area contributed by atoms with Crippen LogP contribution in [0.4, 0.5) is 0 Å². The van der Waals surface area contributed by atoms with Crippen molar-refractivity contribution in [3.63, 3.8) is 0 Å². The quantitative estimate of drug-likeness (QED) is 0.652. The third kappa shape index (κ3) is 3.41. The molecule has 102 valence electrons. The molecule has 1 heterocycles. The average Bonchev–Trinajstić information content (AvgIpc) is 2.48. The number of hydrogen-bond acceptors (Lipinski definition) is 5. The monoisotopic (exact) mass is 264 g/mol. The maximum absolute atomic E-state index is 11.9. The lowest BCUT2D eigenvalue weighted by atomic mass is 10.1. The molecule has 0 saturated heterocycles. The second-order valence-electron chi connectivity index (χ2n) is 4.08. The largest absolute Gasteiger partial charge is 0.452 e. The summed E-state index contributed by atoms with van der Waals surface area (Å²) in [6, 6.07) is 8.67. The number of aliphatic hydroxyl groups excluding tert-OH is 1. The van der Waals surface area contributed by atoms with E-state index in [1.54, 1.807) is 36.4 Å². The van der Waals surface area contributed by atoms with E-state index in [1.807, 2.05) is 6.07 Å². The Morgan fingerprint density at radius 2 is 2.05 bits per heavy atom. The molecule has 5 nitrogen and oxygen atoms in total. The van der Waals surface area contributed by atoms with E-state index in [0.717, 1.165) is 0 Å². The highest BCUT2D eigenvalue weighted by Gasteiger charge is 2.29. The fourth-order valence-electron chi connectivity index (χ4n) is 1.78. The Morgan fingerprint density at radius 1 is 1.32 bits per heavy atom. The molecule has 3 atom stereocenters. The molecule has 0 fully saturated rings. The van der Waals surface area contributed by atoms with Gasteiger partial charge in [0.1, 0.15) is 12.2 Å². The molecule has 1 aliphatic heterocycles. The Kier molecular flexibility index (Phi) is 4.68. The maximum atomic E-state index is 11.9. The molecule has 0 amide bonds. The number of ether oxygens (including phenoxy) is 3. The Balaban J connectivity index is 2.04. The van der Waals surface area contributed by atoms with Gasteiger partial charge in [0.2, 0.25) is 0 Å². The van der Waals surface area contributed by atoms with Crippen molar-refractivity contribution in [2.24, 2.45) is 0 Å². The van der Waals surface area contributed by atoms with Gasteiger partial charge in [0.05, 0.1) is 12.2 Å². The minimum Gasteiger partial charge on any atom is -0.452 e. The Labute approximate surface area is 111 Å². The first-order valence-corrected chi connectivity index (χ1v) is 5.98. The number of hydrogen-bond donors (Lipinski definition) is 1. The Bertz CT molecular complexity index is 442. The number of carbonyl (C=O) groups is 1. The van der Waals surface area contributed by atoms with E-state index >= 15 is 0 Å². The molecule has 1 N–H and O–H groups in total. The van der Waals surface area contributed by atoms with Gasteiger partial charge in [-0.1, -0.05) is 18.2 Å². The van der Waals surface area contributed by atoms with Crippen LogP contribution >= 0.6 is 0 Å². The minimum absolute atomic E-state index is 0.253. The van der Waals surface area contributed by atoms with Crippen LogP contribution in [0.25, 0.3) is 0 Å². The third-order valence-corrected chi connectivity index (χ3v) is 2.80. The summed E-state index contributed by atoms with van der Waals surface area (Å²) in [5.74, 6) is -0.451. The van der Waals surface area contributed by atoms with E-state index in [1.165, 1.54) is 7.11 Å². The zero-order valence-electron chi connectivity index (χ0n) is 10.6. The molecule has 2 rings (SSSR count). The summed E-state index contributed by atoms with van der Waals surface area (Å²) in [5, 5.41) is 9.25. The first-order chi connectivity index (χ1) is 9.24. The lowest BCUT2D eigenvalue weighted by Crippen LogP contribution is -2.41. The van der Waals surface area contributed by atoms with Gasteiger partial charge in [0, 0.05) is 7.11 Å². The SMILES string of the molecule is CO[C@@H]1C=C[C@H](OC(=O)c2ccccc2)[C@@H](CO)O1. The topological polar surface area (TPSA) is 65.0 Å². The van der Waals surface area contributed by atoms with E-state index in [2.05, 4.69) is 0 Å². The molecule has 0 aliphatic carbocycles. The van der Waals surface area contributed by atoms with Crippen LogP contribution in [0.5, 0.6) is 0 Å². The average molecular weight is 264 g/mol. The molecule has 5 heteroatoms. The second kappa shape index (κ2) is 6.47.